The van der Waals surface area contributed by atoms with Gasteiger partial charge in [0.1, 0.15) is 11.6 Å². The Balaban J connectivity index is 2.08. The van der Waals surface area contributed by atoms with Gasteiger partial charge in [0.25, 0.3) is 5.56 Å². The summed E-state index contributed by atoms with van der Waals surface area (Å²) in [7, 11) is 1.66. The Bertz CT molecular complexity index is 976. The van der Waals surface area contributed by atoms with Crippen LogP contribution in [0.3, 0.4) is 0 Å². The average Bonchev–Trinajstić information content (AvgIpc) is 2.85. The molecular formula is C16H14ClF3N4O. The molecule has 1 unspecified atom stereocenters. The number of nitrogens with zero attached hydrogens (tertiary/aromatic N) is 3. The first-order valence-corrected chi connectivity index (χ1v) is 7.83. The molecule has 3 aromatic rings. The van der Waals surface area contributed by atoms with Crippen molar-refractivity contribution in [1.82, 2.24) is 19.5 Å². The van der Waals surface area contributed by atoms with Crippen LogP contribution >= 0.6 is 11.6 Å². The molecule has 25 heavy (non-hydrogen) atoms. The highest BCUT2D eigenvalue weighted by molar-refractivity contribution is 6.30. The van der Waals surface area contributed by atoms with E-state index in [2.05, 4.69) is 15.0 Å². The Labute approximate surface area is 145 Å². The Kier molecular flexibility index (Phi) is 4.32. The maximum Gasteiger partial charge on any atom is 0.391 e. The first kappa shape index (κ1) is 17.5. The number of hydrogen-bond acceptors (Lipinski definition) is 3. The van der Waals surface area contributed by atoms with Crippen molar-refractivity contribution in [2.45, 2.75) is 19.5 Å². The molecule has 5 nitrogen and oxygen atoms in total. The number of aryl methyl sites for hydroxylation is 1. The molecule has 1 atom stereocenters. The maximum atomic E-state index is 12.7. The highest BCUT2D eigenvalue weighted by Gasteiger charge is 2.36. The van der Waals surface area contributed by atoms with Gasteiger partial charge >= 0.3 is 6.18 Å². The number of alkyl halides is 3. The van der Waals surface area contributed by atoms with Gasteiger partial charge in [-0.2, -0.15) is 13.2 Å². The van der Waals surface area contributed by atoms with Gasteiger partial charge in [0.2, 0.25) is 0 Å². The first-order chi connectivity index (χ1) is 11.7. The van der Waals surface area contributed by atoms with Crippen LogP contribution in [0.25, 0.3) is 22.6 Å². The van der Waals surface area contributed by atoms with Crippen LogP contribution in [0.2, 0.25) is 5.02 Å². The lowest BCUT2D eigenvalue weighted by Gasteiger charge is -2.14. The van der Waals surface area contributed by atoms with Crippen molar-refractivity contribution in [3.63, 3.8) is 0 Å². The van der Waals surface area contributed by atoms with E-state index in [9.17, 15) is 18.0 Å². The standard InChI is InChI=1S/C16H14ClF3N4O/c1-8(16(18,19)20)7-11-21-14-12(15(25)22-11)23-13(24(14)2)9-3-5-10(17)6-4-9/h3-6,8H,7H2,1-2H3,(H,21,22,25). The van der Waals surface area contributed by atoms with Crippen molar-refractivity contribution in [3.8, 4) is 11.4 Å². The van der Waals surface area contributed by atoms with E-state index < -0.39 is 24.1 Å². The van der Waals surface area contributed by atoms with Crippen LogP contribution in [-0.2, 0) is 13.5 Å². The second-order valence-corrected chi connectivity index (χ2v) is 6.27. The molecule has 0 aliphatic rings. The highest BCUT2D eigenvalue weighted by atomic mass is 35.5. The van der Waals surface area contributed by atoms with Gasteiger partial charge in [-0.3, -0.25) is 4.79 Å². The minimum Gasteiger partial charge on any atom is -0.312 e. The quantitative estimate of drug-likeness (QED) is 0.764. The molecular weight excluding hydrogens is 357 g/mol. The van der Waals surface area contributed by atoms with Crippen molar-refractivity contribution < 1.29 is 13.2 Å². The lowest BCUT2D eigenvalue weighted by Crippen LogP contribution is -2.24. The van der Waals surface area contributed by atoms with Crippen molar-refractivity contribution >= 4 is 22.8 Å². The van der Waals surface area contributed by atoms with Gasteiger partial charge in [0, 0.05) is 24.1 Å². The van der Waals surface area contributed by atoms with Crippen molar-refractivity contribution in [3.05, 3.63) is 45.5 Å². The normalized spacial score (nSPS) is 13.4. The predicted octanol–water partition coefficient (Wildman–Crippen LogP) is 3.72. The minimum absolute atomic E-state index is 0.0204. The van der Waals surface area contributed by atoms with Crippen molar-refractivity contribution in [2.75, 3.05) is 0 Å². The molecule has 0 fully saturated rings. The number of fused-ring (bicyclic) bond motifs is 1. The summed E-state index contributed by atoms with van der Waals surface area (Å²) in [6, 6.07) is 6.85. The highest BCUT2D eigenvalue weighted by Crippen LogP contribution is 2.28. The number of rotatable bonds is 3. The summed E-state index contributed by atoms with van der Waals surface area (Å²) in [4.78, 5) is 23.0. The van der Waals surface area contributed by atoms with E-state index in [0.717, 1.165) is 12.5 Å². The van der Waals surface area contributed by atoms with Gasteiger partial charge in [-0.15, -0.1) is 0 Å². The SMILES string of the molecule is CC(Cc1nc2c(nc(-c3ccc(Cl)cc3)n2C)c(=O)[nH]1)C(F)(F)F. The molecule has 1 N–H and O–H groups in total. The van der Waals surface area contributed by atoms with E-state index in [1.54, 1.807) is 35.9 Å². The molecule has 2 heterocycles. The van der Waals surface area contributed by atoms with Crippen LogP contribution in [0.1, 0.15) is 12.7 Å². The molecule has 1 aromatic carbocycles. The van der Waals surface area contributed by atoms with Gasteiger partial charge in [0.05, 0.1) is 5.92 Å². The van der Waals surface area contributed by atoms with Gasteiger partial charge in [-0.05, 0) is 24.3 Å². The minimum atomic E-state index is -4.35. The molecule has 0 saturated heterocycles. The molecule has 3 rings (SSSR count). The van der Waals surface area contributed by atoms with Crippen LogP contribution in [0.4, 0.5) is 13.2 Å². The molecule has 2 aromatic heterocycles. The smallest absolute Gasteiger partial charge is 0.312 e. The second-order valence-electron chi connectivity index (χ2n) is 5.83. The predicted molar refractivity (Wildman–Crippen MR) is 88.5 cm³/mol. The zero-order valence-electron chi connectivity index (χ0n) is 13.4. The summed E-state index contributed by atoms with van der Waals surface area (Å²) < 4.78 is 39.8. The van der Waals surface area contributed by atoms with Gasteiger partial charge < -0.3 is 9.55 Å². The summed E-state index contributed by atoms with van der Waals surface area (Å²) in [5.41, 5.74) is 0.466. The molecule has 0 bridgehead atoms. The van der Waals surface area contributed by atoms with Crippen molar-refractivity contribution in [2.24, 2.45) is 13.0 Å². The Hall–Kier alpha value is -2.35. The number of imidazole rings is 1. The van der Waals surface area contributed by atoms with E-state index in [1.807, 2.05) is 0 Å². The number of benzene rings is 1. The third-order valence-corrected chi connectivity index (χ3v) is 4.19. The summed E-state index contributed by atoms with van der Waals surface area (Å²) in [5, 5.41) is 0.557. The maximum absolute atomic E-state index is 12.7. The Morgan fingerprint density at radius 3 is 2.48 bits per heavy atom. The van der Waals surface area contributed by atoms with Gasteiger partial charge in [-0.1, -0.05) is 18.5 Å². The number of aromatic amines is 1. The third kappa shape index (κ3) is 3.39. The largest absolute Gasteiger partial charge is 0.391 e. The molecule has 0 amide bonds. The molecule has 0 aliphatic carbocycles. The topological polar surface area (TPSA) is 63.6 Å². The lowest BCUT2D eigenvalue weighted by molar-refractivity contribution is -0.169. The fourth-order valence-corrected chi connectivity index (χ4v) is 2.60. The lowest BCUT2D eigenvalue weighted by atomic mass is 10.1. The number of nitrogens with one attached hydrogen (secondary N) is 1. The van der Waals surface area contributed by atoms with Crippen LogP contribution in [-0.4, -0.2) is 25.7 Å². The molecule has 9 heteroatoms. The van der Waals surface area contributed by atoms with Crippen LogP contribution in [0, 0.1) is 5.92 Å². The summed E-state index contributed by atoms with van der Waals surface area (Å²) in [6.07, 6.45) is -4.76. The molecule has 0 aliphatic heterocycles. The van der Waals surface area contributed by atoms with E-state index in [-0.39, 0.29) is 17.0 Å². The number of H-pyrrole nitrogens is 1. The molecule has 0 radical (unpaired) electrons. The third-order valence-electron chi connectivity index (χ3n) is 3.94. The summed E-state index contributed by atoms with van der Waals surface area (Å²) in [5.74, 6) is -1.16. The van der Waals surface area contributed by atoms with Gasteiger partial charge in [-0.25, -0.2) is 9.97 Å². The average molecular weight is 371 g/mol. The fraction of sp³-hybridized carbons (Fsp3) is 0.312. The second kappa shape index (κ2) is 6.18. The van der Waals surface area contributed by atoms with Crippen LogP contribution < -0.4 is 5.56 Å². The monoisotopic (exact) mass is 370 g/mol. The van der Waals surface area contributed by atoms with Crippen LogP contribution in [0.15, 0.2) is 29.1 Å². The van der Waals surface area contributed by atoms with E-state index >= 15 is 0 Å². The number of hydrogen-bond donors (Lipinski definition) is 1. The summed E-state index contributed by atoms with van der Waals surface area (Å²) in [6.45, 7) is 1.05. The van der Waals surface area contributed by atoms with Gasteiger partial charge in [0.15, 0.2) is 11.2 Å². The zero-order valence-corrected chi connectivity index (χ0v) is 14.1. The molecule has 132 valence electrons. The van der Waals surface area contributed by atoms with E-state index in [4.69, 9.17) is 11.6 Å². The zero-order chi connectivity index (χ0) is 18.4. The molecule has 0 saturated carbocycles. The Morgan fingerprint density at radius 2 is 1.88 bits per heavy atom. The van der Waals surface area contributed by atoms with Crippen molar-refractivity contribution in [1.29, 1.82) is 0 Å². The first-order valence-electron chi connectivity index (χ1n) is 7.45. The Morgan fingerprint density at radius 1 is 1.24 bits per heavy atom. The van der Waals surface area contributed by atoms with Crippen LogP contribution in [0.5, 0.6) is 0 Å². The fourth-order valence-electron chi connectivity index (χ4n) is 2.48. The number of halogens is 4. The summed E-state index contributed by atoms with van der Waals surface area (Å²) >= 11 is 5.86. The van der Waals surface area contributed by atoms with E-state index in [1.165, 1.54) is 0 Å². The van der Waals surface area contributed by atoms with E-state index in [0.29, 0.717) is 10.8 Å². The molecule has 0 spiro atoms. The number of aromatic nitrogens is 4.